The molecule has 1 aromatic carbocycles. The fourth-order valence-electron chi connectivity index (χ4n) is 1.66. The minimum Gasteiger partial charge on any atom is -0.481 e. The molecule has 0 unspecified atom stereocenters. The zero-order valence-corrected chi connectivity index (χ0v) is 11.2. The summed E-state index contributed by atoms with van der Waals surface area (Å²) < 4.78 is 9.66. The van der Waals surface area contributed by atoms with Crippen molar-refractivity contribution >= 4 is 23.0 Å². The van der Waals surface area contributed by atoms with Crippen LogP contribution in [0.15, 0.2) is 36.5 Å². The summed E-state index contributed by atoms with van der Waals surface area (Å²) >= 11 is 0. The molecule has 0 aliphatic carbocycles. The molecule has 0 atom stereocenters. The van der Waals surface area contributed by atoms with Crippen molar-refractivity contribution in [1.82, 2.24) is 4.98 Å². The minimum absolute atomic E-state index is 0.318. The highest BCUT2D eigenvalue weighted by atomic mass is 16.5. The fourth-order valence-corrected chi connectivity index (χ4v) is 1.66. The Kier molecular flexibility index (Phi) is 4.05. The summed E-state index contributed by atoms with van der Waals surface area (Å²) in [6.45, 7) is 0. The van der Waals surface area contributed by atoms with Crippen LogP contribution in [0.25, 0.3) is 0 Å². The quantitative estimate of drug-likeness (QED) is 0.656. The molecule has 6 heteroatoms. The number of nitrogens with two attached hydrogens (primary N) is 1. The molecular weight excluding hydrogens is 258 g/mol. The summed E-state index contributed by atoms with van der Waals surface area (Å²) in [7, 11) is 2.87. The van der Waals surface area contributed by atoms with E-state index in [1.807, 2.05) is 6.07 Å². The maximum Gasteiger partial charge on any atom is 0.340 e. The molecule has 0 spiro atoms. The number of nitrogens with one attached hydrogen (secondary N) is 1. The summed E-state index contributed by atoms with van der Waals surface area (Å²) in [6, 6.07) is 8.60. The van der Waals surface area contributed by atoms with Crippen LogP contribution in [-0.2, 0) is 4.74 Å². The number of esters is 1. The highest BCUT2D eigenvalue weighted by molar-refractivity contribution is 5.96. The van der Waals surface area contributed by atoms with Crippen LogP contribution in [-0.4, -0.2) is 25.2 Å². The van der Waals surface area contributed by atoms with Gasteiger partial charge in [-0.05, 0) is 24.3 Å². The van der Waals surface area contributed by atoms with Gasteiger partial charge in [0.05, 0.1) is 31.7 Å². The lowest BCUT2D eigenvalue weighted by Crippen LogP contribution is -2.06. The smallest absolute Gasteiger partial charge is 0.340 e. The standard InChI is InChI=1S/C14H15N3O3/c1-19-13-6-4-10(8-16-13)17-9-3-5-12(15)11(7-9)14(18)20-2/h3-8,17H,15H2,1-2H3. The molecule has 6 nitrogen and oxygen atoms in total. The van der Waals surface area contributed by atoms with E-state index in [2.05, 4.69) is 15.0 Å². The topological polar surface area (TPSA) is 86.5 Å². The first-order valence-corrected chi connectivity index (χ1v) is 5.89. The van der Waals surface area contributed by atoms with Gasteiger partial charge in [0, 0.05) is 17.4 Å². The molecule has 1 aromatic heterocycles. The lowest BCUT2D eigenvalue weighted by Gasteiger charge is -2.09. The van der Waals surface area contributed by atoms with Crippen LogP contribution in [0, 0.1) is 0 Å². The second-order valence-electron chi connectivity index (χ2n) is 4.01. The summed E-state index contributed by atoms with van der Waals surface area (Å²) in [5.74, 6) is 0.0575. The summed E-state index contributed by atoms with van der Waals surface area (Å²) in [5.41, 5.74) is 7.91. The lowest BCUT2D eigenvalue weighted by molar-refractivity contribution is 0.0602. The number of rotatable bonds is 4. The molecule has 3 N–H and O–H groups in total. The van der Waals surface area contributed by atoms with Gasteiger partial charge >= 0.3 is 5.97 Å². The third kappa shape index (κ3) is 2.97. The van der Waals surface area contributed by atoms with Gasteiger partial charge in [-0.3, -0.25) is 0 Å². The van der Waals surface area contributed by atoms with Gasteiger partial charge < -0.3 is 20.5 Å². The van der Waals surface area contributed by atoms with Gasteiger partial charge in [-0.25, -0.2) is 9.78 Å². The van der Waals surface area contributed by atoms with Crippen molar-refractivity contribution in [2.24, 2.45) is 0 Å². The van der Waals surface area contributed by atoms with Crippen LogP contribution in [0.5, 0.6) is 5.88 Å². The van der Waals surface area contributed by atoms with E-state index in [1.165, 1.54) is 7.11 Å². The SMILES string of the molecule is COC(=O)c1cc(Nc2ccc(OC)nc2)ccc1N. The Morgan fingerprint density at radius 2 is 1.95 bits per heavy atom. The van der Waals surface area contributed by atoms with Crippen molar-refractivity contribution in [2.75, 3.05) is 25.3 Å². The van der Waals surface area contributed by atoms with Crippen LogP contribution in [0.3, 0.4) is 0 Å². The third-order valence-electron chi connectivity index (χ3n) is 2.69. The molecule has 0 fully saturated rings. The van der Waals surface area contributed by atoms with Gasteiger partial charge in [-0.15, -0.1) is 0 Å². The number of aromatic nitrogens is 1. The van der Waals surface area contributed by atoms with E-state index < -0.39 is 5.97 Å². The molecule has 1 heterocycles. The second-order valence-corrected chi connectivity index (χ2v) is 4.01. The van der Waals surface area contributed by atoms with Gasteiger partial charge in [0.2, 0.25) is 5.88 Å². The molecule has 0 saturated heterocycles. The Bertz CT molecular complexity index is 612. The summed E-state index contributed by atoms with van der Waals surface area (Å²) in [6.07, 6.45) is 1.63. The Morgan fingerprint density at radius 3 is 2.55 bits per heavy atom. The van der Waals surface area contributed by atoms with Gasteiger partial charge in [-0.2, -0.15) is 0 Å². The maximum absolute atomic E-state index is 11.6. The summed E-state index contributed by atoms with van der Waals surface area (Å²) in [4.78, 5) is 15.6. The van der Waals surface area contributed by atoms with E-state index >= 15 is 0 Å². The highest BCUT2D eigenvalue weighted by Crippen LogP contribution is 2.22. The van der Waals surface area contributed by atoms with Crippen LogP contribution >= 0.6 is 0 Å². The first-order chi connectivity index (χ1) is 9.63. The van der Waals surface area contributed by atoms with Crippen molar-refractivity contribution in [3.63, 3.8) is 0 Å². The number of carbonyl (C=O) groups is 1. The lowest BCUT2D eigenvalue weighted by atomic mass is 10.1. The van der Waals surface area contributed by atoms with Crippen molar-refractivity contribution in [1.29, 1.82) is 0 Å². The van der Waals surface area contributed by atoms with Crippen LogP contribution in [0.2, 0.25) is 0 Å². The van der Waals surface area contributed by atoms with Crippen molar-refractivity contribution < 1.29 is 14.3 Å². The zero-order valence-electron chi connectivity index (χ0n) is 11.2. The largest absolute Gasteiger partial charge is 0.481 e. The number of pyridine rings is 1. The van der Waals surface area contributed by atoms with Gasteiger partial charge in [0.1, 0.15) is 0 Å². The number of nitrogen functional groups attached to an aromatic ring is 1. The first kappa shape index (κ1) is 13.7. The van der Waals surface area contributed by atoms with Gasteiger partial charge in [-0.1, -0.05) is 0 Å². The molecule has 20 heavy (non-hydrogen) atoms. The average Bonchev–Trinajstić information content (AvgIpc) is 2.49. The number of ether oxygens (including phenoxy) is 2. The van der Waals surface area contributed by atoms with Gasteiger partial charge in [0.15, 0.2) is 0 Å². The van der Waals surface area contributed by atoms with Crippen LogP contribution in [0.1, 0.15) is 10.4 Å². The molecule has 0 radical (unpaired) electrons. The number of benzene rings is 1. The zero-order chi connectivity index (χ0) is 14.5. The fraction of sp³-hybridized carbons (Fsp3) is 0.143. The van der Waals surface area contributed by atoms with E-state index in [1.54, 1.807) is 37.6 Å². The second kappa shape index (κ2) is 5.92. The normalized spacial score (nSPS) is 9.90. The monoisotopic (exact) mass is 273 g/mol. The average molecular weight is 273 g/mol. The van der Waals surface area contributed by atoms with E-state index in [0.717, 1.165) is 5.69 Å². The molecule has 0 aliphatic rings. The summed E-state index contributed by atoms with van der Waals surface area (Å²) in [5, 5.41) is 3.12. The molecule has 0 bridgehead atoms. The Balaban J connectivity index is 2.22. The number of hydrogen-bond acceptors (Lipinski definition) is 6. The van der Waals surface area contributed by atoms with Gasteiger partial charge in [0.25, 0.3) is 0 Å². The minimum atomic E-state index is -0.473. The number of carbonyl (C=O) groups excluding carboxylic acids is 1. The molecule has 0 aliphatic heterocycles. The number of methoxy groups -OCH3 is 2. The van der Waals surface area contributed by atoms with Crippen molar-refractivity contribution in [3.05, 3.63) is 42.1 Å². The van der Waals surface area contributed by atoms with Crippen LogP contribution < -0.4 is 15.8 Å². The van der Waals surface area contributed by atoms with E-state index in [4.69, 9.17) is 10.5 Å². The maximum atomic E-state index is 11.6. The van der Waals surface area contributed by atoms with E-state index in [0.29, 0.717) is 22.8 Å². The van der Waals surface area contributed by atoms with E-state index in [-0.39, 0.29) is 0 Å². The number of nitrogens with zero attached hydrogens (tertiary/aromatic N) is 1. The molecule has 0 amide bonds. The third-order valence-corrected chi connectivity index (χ3v) is 2.69. The Labute approximate surface area is 116 Å². The van der Waals surface area contributed by atoms with Crippen molar-refractivity contribution in [3.8, 4) is 5.88 Å². The predicted octanol–water partition coefficient (Wildman–Crippen LogP) is 2.20. The van der Waals surface area contributed by atoms with E-state index in [9.17, 15) is 4.79 Å². The molecule has 0 saturated carbocycles. The number of hydrogen-bond donors (Lipinski definition) is 2. The first-order valence-electron chi connectivity index (χ1n) is 5.89. The number of anilines is 3. The van der Waals surface area contributed by atoms with Crippen LogP contribution in [0.4, 0.5) is 17.1 Å². The predicted molar refractivity (Wildman–Crippen MR) is 76.3 cm³/mol. The molecule has 2 aromatic rings. The molecular formula is C14H15N3O3. The molecule has 104 valence electrons. The highest BCUT2D eigenvalue weighted by Gasteiger charge is 2.10. The molecule has 2 rings (SSSR count). The Morgan fingerprint density at radius 1 is 1.20 bits per heavy atom. The van der Waals surface area contributed by atoms with Crippen molar-refractivity contribution in [2.45, 2.75) is 0 Å². The Hall–Kier alpha value is -2.76.